The first-order chi connectivity index (χ1) is 21.6. The van der Waals surface area contributed by atoms with Gasteiger partial charge in [0.15, 0.2) is 0 Å². The monoisotopic (exact) mass is 647 g/mol. The number of nitrogens with zero attached hydrogens (tertiary/aromatic N) is 2. The van der Waals surface area contributed by atoms with Crippen molar-refractivity contribution in [3.63, 3.8) is 0 Å². The Hall–Kier alpha value is -4.34. The molecule has 0 unspecified atom stereocenters. The van der Waals surface area contributed by atoms with Crippen molar-refractivity contribution in [2.24, 2.45) is 0 Å². The molecule has 0 aliphatic rings. The van der Waals surface area contributed by atoms with E-state index in [0.717, 1.165) is 15.4 Å². The molecule has 4 rings (SSSR count). The van der Waals surface area contributed by atoms with Crippen LogP contribution in [0, 0.1) is 0 Å². The van der Waals surface area contributed by atoms with Crippen molar-refractivity contribution in [1.82, 2.24) is 10.2 Å². The second-order valence-corrected chi connectivity index (χ2v) is 13.1. The summed E-state index contributed by atoms with van der Waals surface area (Å²) >= 11 is 6.14. The molecule has 0 saturated carbocycles. The summed E-state index contributed by atoms with van der Waals surface area (Å²) < 4.78 is 34.8. The molecule has 1 N–H and O–H groups in total. The fourth-order valence-electron chi connectivity index (χ4n) is 4.84. The van der Waals surface area contributed by atoms with Crippen LogP contribution in [0.1, 0.15) is 31.9 Å². The van der Waals surface area contributed by atoms with Crippen LogP contribution in [0.15, 0.2) is 114 Å². The summed E-state index contributed by atoms with van der Waals surface area (Å²) in [6, 6.07) is 29.8. The first-order valence-electron chi connectivity index (χ1n) is 14.8. The summed E-state index contributed by atoms with van der Waals surface area (Å²) in [5.41, 5.74) is 1.88. The van der Waals surface area contributed by atoms with Gasteiger partial charge in [-0.2, -0.15) is 0 Å². The van der Waals surface area contributed by atoms with Gasteiger partial charge < -0.3 is 15.0 Å². The van der Waals surface area contributed by atoms with E-state index in [4.69, 9.17) is 16.3 Å². The molecule has 45 heavy (non-hydrogen) atoms. The van der Waals surface area contributed by atoms with Crippen LogP contribution >= 0.6 is 11.6 Å². The van der Waals surface area contributed by atoms with Crippen LogP contribution < -0.4 is 14.4 Å². The van der Waals surface area contributed by atoms with Crippen molar-refractivity contribution in [1.29, 1.82) is 0 Å². The van der Waals surface area contributed by atoms with Crippen molar-refractivity contribution in [2.75, 3.05) is 17.5 Å². The standard InChI is InChI=1S/C35H38ClN3O5S/c1-4-44-31-21-19-30(20-22-31)39(45(42,43)32-13-9-6-10-14-32)25-34(40)38(24-28-15-17-29(36)18-16-28)33(35(41)37-26(2)3)23-27-11-7-5-8-12-27/h5-22,26,33H,4,23-25H2,1-3H3,(H,37,41)/t33-/m1/s1. The fraction of sp³-hybridized carbons (Fsp3) is 0.257. The molecule has 0 fully saturated rings. The van der Waals surface area contributed by atoms with Crippen LogP contribution in [-0.2, 0) is 32.6 Å². The van der Waals surface area contributed by atoms with Gasteiger partial charge in [0.05, 0.1) is 17.2 Å². The minimum Gasteiger partial charge on any atom is -0.494 e. The number of hydrogen-bond acceptors (Lipinski definition) is 5. The van der Waals surface area contributed by atoms with Crippen molar-refractivity contribution >= 4 is 39.1 Å². The second kappa shape index (κ2) is 15.6. The maximum Gasteiger partial charge on any atom is 0.264 e. The molecule has 0 aliphatic heterocycles. The molecule has 236 valence electrons. The van der Waals surface area contributed by atoms with Gasteiger partial charge in [-0.15, -0.1) is 0 Å². The lowest BCUT2D eigenvalue weighted by atomic mass is 10.0. The number of sulfonamides is 1. The number of carbonyl (C=O) groups excluding carboxylic acids is 2. The van der Waals surface area contributed by atoms with E-state index >= 15 is 0 Å². The van der Waals surface area contributed by atoms with Gasteiger partial charge in [-0.25, -0.2) is 8.42 Å². The molecule has 10 heteroatoms. The molecule has 4 aromatic carbocycles. The zero-order valence-corrected chi connectivity index (χ0v) is 27.2. The topological polar surface area (TPSA) is 96.0 Å². The lowest BCUT2D eigenvalue weighted by Gasteiger charge is -2.34. The van der Waals surface area contributed by atoms with Crippen molar-refractivity contribution < 1.29 is 22.7 Å². The van der Waals surface area contributed by atoms with E-state index in [0.29, 0.717) is 17.4 Å². The molecule has 0 aromatic heterocycles. The number of nitrogens with one attached hydrogen (secondary N) is 1. The first-order valence-corrected chi connectivity index (χ1v) is 16.6. The highest BCUT2D eigenvalue weighted by Gasteiger charge is 2.34. The van der Waals surface area contributed by atoms with Gasteiger partial charge in [-0.3, -0.25) is 13.9 Å². The molecule has 0 bridgehead atoms. The Morgan fingerprint density at radius 1 is 0.822 bits per heavy atom. The molecule has 8 nitrogen and oxygen atoms in total. The zero-order chi connectivity index (χ0) is 32.4. The summed E-state index contributed by atoms with van der Waals surface area (Å²) in [4.78, 5) is 29.7. The van der Waals surface area contributed by atoms with Crippen LogP contribution in [0.4, 0.5) is 5.69 Å². The smallest absolute Gasteiger partial charge is 0.264 e. The molecule has 0 saturated heterocycles. The minimum atomic E-state index is -4.18. The average Bonchev–Trinajstić information content (AvgIpc) is 3.03. The highest BCUT2D eigenvalue weighted by Crippen LogP contribution is 2.27. The van der Waals surface area contributed by atoms with E-state index in [1.54, 1.807) is 66.7 Å². The number of rotatable bonds is 14. The summed E-state index contributed by atoms with van der Waals surface area (Å²) in [6.07, 6.45) is 0.229. The van der Waals surface area contributed by atoms with Gasteiger partial charge in [-0.1, -0.05) is 72.3 Å². The third-order valence-electron chi connectivity index (χ3n) is 7.01. The minimum absolute atomic E-state index is 0.0364. The van der Waals surface area contributed by atoms with Crippen LogP contribution in [0.5, 0.6) is 5.75 Å². The summed E-state index contributed by atoms with van der Waals surface area (Å²) in [7, 11) is -4.18. The maximum absolute atomic E-state index is 14.5. The Bertz CT molecular complexity index is 1650. The Labute approximate surface area is 270 Å². The second-order valence-electron chi connectivity index (χ2n) is 10.8. The molecule has 0 heterocycles. The molecule has 4 aromatic rings. The normalized spacial score (nSPS) is 11.9. The highest BCUT2D eigenvalue weighted by atomic mass is 35.5. The highest BCUT2D eigenvalue weighted by molar-refractivity contribution is 7.92. The summed E-state index contributed by atoms with van der Waals surface area (Å²) in [6.45, 7) is 5.52. The quantitative estimate of drug-likeness (QED) is 0.179. The molecular weight excluding hydrogens is 610 g/mol. The van der Waals surface area contributed by atoms with Gasteiger partial charge in [-0.05, 0) is 80.4 Å². The predicted octanol–water partition coefficient (Wildman–Crippen LogP) is 6.10. The first kappa shape index (κ1) is 33.6. The van der Waals surface area contributed by atoms with E-state index in [2.05, 4.69) is 5.32 Å². The third-order valence-corrected chi connectivity index (χ3v) is 9.05. The van der Waals surface area contributed by atoms with E-state index in [-0.39, 0.29) is 35.5 Å². The predicted molar refractivity (Wildman–Crippen MR) is 178 cm³/mol. The van der Waals surface area contributed by atoms with E-state index in [1.165, 1.54) is 17.0 Å². The number of hydrogen-bond donors (Lipinski definition) is 1. The number of anilines is 1. The lowest BCUT2D eigenvalue weighted by molar-refractivity contribution is -0.140. The number of benzene rings is 4. The van der Waals surface area contributed by atoms with E-state index in [1.807, 2.05) is 51.1 Å². The number of halogens is 1. The van der Waals surface area contributed by atoms with Gasteiger partial charge in [0.25, 0.3) is 10.0 Å². The van der Waals surface area contributed by atoms with Crippen LogP contribution in [0.25, 0.3) is 0 Å². The number of amides is 2. The Kier molecular flexibility index (Phi) is 11.6. The molecular formula is C35H38ClN3O5S. The van der Waals surface area contributed by atoms with Crippen molar-refractivity contribution in [3.05, 3.63) is 125 Å². The zero-order valence-electron chi connectivity index (χ0n) is 25.6. The molecule has 2 amide bonds. The molecule has 0 aliphatic carbocycles. The summed E-state index contributed by atoms with van der Waals surface area (Å²) in [5, 5.41) is 3.49. The average molecular weight is 648 g/mol. The SMILES string of the molecule is CCOc1ccc(N(CC(=O)N(Cc2ccc(Cl)cc2)[C@H](Cc2ccccc2)C(=O)NC(C)C)S(=O)(=O)c2ccccc2)cc1. The van der Waals surface area contributed by atoms with Crippen molar-refractivity contribution in [3.8, 4) is 5.75 Å². The third kappa shape index (κ3) is 9.09. The maximum atomic E-state index is 14.5. The largest absolute Gasteiger partial charge is 0.494 e. The Morgan fingerprint density at radius 3 is 2.00 bits per heavy atom. The van der Waals surface area contributed by atoms with Gasteiger partial charge >= 0.3 is 0 Å². The molecule has 0 spiro atoms. The summed E-state index contributed by atoms with van der Waals surface area (Å²) in [5.74, 6) is -0.310. The van der Waals surface area contributed by atoms with Crippen LogP contribution in [0.2, 0.25) is 5.02 Å². The molecule has 0 radical (unpaired) electrons. The van der Waals surface area contributed by atoms with E-state index in [9.17, 15) is 18.0 Å². The fourth-order valence-corrected chi connectivity index (χ4v) is 6.41. The van der Waals surface area contributed by atoms with Gasteiger partial charge in [0.1, 0.15) is 18.3 Å². The van der Waals surface area contributed by atoms with Crippen LogP contribution in [-0.4, -0.2) is 50.4 Å². The van der Waals surface area contributed by atoms with Gasteiger partial charge in [0, 0.05) is 24.0 Å². The molecule has 1 atom stereocenters. The van der Waals surface area contributed by atoms with Crippen molar-refractivity contribution in [2.45, 2.75) is 50.7 Å². The number of carbonyl (C=O) groups is 2. The Morgan fingerprint density at radius 2 is 1.42 bits per heavy atom. The van der Waals surface area contributed by atoms with Crippen LogP contribution in [0.3, 0.4) is 0 Å². The number of ether oxygens (including phenoxy) is 1. The Balaban J connectivity index is 1.79. The van der Waals surface area contributed by atoms with Gasteiger partial charge in [0.2, 0.25) is 11.8 Å². The van der Waals surface area contributed by atoms with E-state index < -0.39 is 28.5 Å². The lowest BCUT2D eigenvalue weighted by Crippen LogP contribution is -2.54.